The van der Waals surface area contributed by atoms with E-state index in [1.54, 1.807) is 0 Å². The Morgan fingerprint density at radius 1 is 0.750 bits per heavy atom. The zero-order chi connectivity index (χ0) is 34.1. The van der Waals surface area contributed by atoms with Crippen molar-refractivity contribution in [1.29, 1.82) is 0 Å². The molecular formula is C44H60O4. The third kappa shape index (κ3) is 7.24. The molecule has 0 bridgehead atoms. The van der Waals surface area contributed by atoms with Gasteiger partial charge < -0.3 is 18.9 Å². The molecule has 1 fully saturated rings. The van der Waals surface area contributed by atoms with E-state index in [4.69, 9.17) is 18.9 Å². The van der Waals surface area contributed by atoms with Crippen molar-refractivity contribution in [2.24, 2.45) is 11.8 Å². The number of aryl methyl sites for hydroxylation is 3. The van der Waals surface area contributed by atoms with Gasteiger partial charge in [-0.15, -0.1) is 0 Å². The summed E-state index contributed by atoms with van der Waals surface area (Å²) < 4.78 is 27.0. The van der Waals surface area contributed by atoms with Crippen molar-refractivity contribution in [3.63, 3.8) is 0 Å². The lowest BCUT2D eigenvalue weighted by Crippen LogP contribution is -2.46. The lowest BCUT2D eigenvalue weighted by molar-refractivity contribution is -0.0149. The van der Waals surface area contributed by atoms with Crippen molar-refractivity contribution >= 4 is 0 Å². The van der Waals surface area contributed by atoms with Gasteiger partial charge in [-0.3, -0.25) is 0 Å². The number of rotatable bonds is 13. The molecule has 2 aliphatic heterocycles. The quantitative estimate of drug-likeness (QED) is 0.172. The maximum Gasteiger partial charge on any atom is 0.132 e. The topological polar surface area (TPSA) is 36.9 Å². The van der Waals surface area contributed by atoms with Crippen molar-refractivity contribution in [1.82, 2.24) is 0 Å². The van der Waals surface area contributed by atoms with E-state index in [0.29, 0.717) is 31.0 Å². The van der Waals surface area contributed by atoms with Crippen LogP contribution in [0.2, 0.25) is 0 Å². The molecule has 0 aromatic heterocycles. The Morgan fingerprint density at radius 2 is 1.40 bits per heavy atom. The first-order valence-corrected chi connectivity index (χ1v) is 19.1. The maximum absolute atomic E-state index is 6.84. The molecule has 0 N–H and O–H groups in total. The molecule has 0 saturated heterocycles. The van der Waals surface area contributed by atoms with Crippen LogP contribution >= 0.6 is 0 Å². The smallest absolute Gasteiger partial charge is 0.132 e. The second kappa shape index (κ2) is 14.4. The average Bonchev–Trinajstić information content (AvgIpc) is 3.02. The van der Waals surface area contributed by atoms with Crippen LogP contribution in [0, 0.1) is 18.8 Å². The first-order valence-electron chi connectivity index (χ1n) is 19.1. The molecule has 3 aliphatic rings. The number of benzene rings is 3. The molecular weight excluding hydrogens is 592 g/mol. The van der Waals surface area contributed by atoms with E-state index in [9.17, 15) is 0 Å². The van der Waals surface area contributed by atoms with E-state index in [2.05, 4.69) is 97.9 Å². The lowest BCUT2D eigenvalue weighted by atomic mass is 9.64. The van der Waals surface area contributed by atoms with Gasteiger partial charge in [-0.25, -0.2) is 0 Å². The minimum absolute atomic E-state index is 0.174. The fraction of sp³-hybridized carbons (Fsp3) is 0.591. The zero-order valence-corrected chi connectivity index (χ0v) is 31.1. The SMILES string of the molecule is CCCCCc1cc(OCCOc2cc(CCCCC)cc3c2[C@@H]2C[C@@H](C)CC[C@H]2C(C)(C)O3)c2c(c1)OC(C)(C)c1ccc(C)cc1-2. The number of ether oxygens (including phenoxy) is 4. The fourth-order valence-corrected chi connectivity index (χ4v) is 8.69. The van der Waals surface area contributed by atoms with Gasteiger partial charge in [0.1, 0.15) is 47.4 Å². The fourth-order valence-electron chi connectivity index (χ4n) is 8.69. The molecule has 2 heterocycles. The minimum atomic E-state index is -0.412. The van der Waals surface area contributed by atoms with Crippen molar-refractivity contribution in [3.05, 3.63) is 70.3 Å². The van der Waals surface area contributed by atoms with Crippen LogP contribution in [0.4, 0.5) is 0 Å². The molecule has 1 saturated carbocycles. The van der Waals surface area contributed by atoms with Gasteiger partial charge in [-0.2, -0.15) is 0 Å². The summed E-state index contributed by atoms with van der Waals surface area (Å²) in [6, 6.07) is 15.8. The molecule has 1 aliphatic carbocycles. The highest BCUT2D eigenvalue weighted by molar-refractivity contribution is 5.82. The van der Waals surface area contributed by atoms with E-state index in [-0.39, 0.29) is 5.60 Å². The van der Waals surface area contributed by atoms with Crippen LogP contribution in [-0.4, -0.2) is 18.8 Å². The van der Waals surface area contributed by atoms with Gasteiger partial charge in [0.15, 0.2) is 0 Å². The number of hydrogen-bond donors (Lipinski definition) is 0. The minimum Gasteiger partial charge on any atom is -0.490 e. The standard InChI is InChI=1S/C44H60O4/c1-9-11-13-15-31-25-37(41-33-23-29(3)17-19-35(33)43(5,6)47-39(41)27-31)45-21-22-46-38-26-32(16-14-12-10-2)28-40-42(38)34-24-30(4)18-20-36(34)44(7,8)48-40/h17,19,23,25-28,30,34,36H,9-16,18,20-22,24H2,1-8H3/t30-,34+,36+/m0/s1. The first-order chi connectivity index (χ1) is 23.0. The third-order valence-electron chi connectivity index (χ3n) is 11.2. The van der Waals surface area contributed by atoms with Gasteiger partial charge in [-0.05, 0) is 126 Å². The van der Waals surface area contributed by atoms with Crippen LogP contribution in [0.3, 0.4) is 0 Å². The summed E-state index contributed by atoms with van der Waals surface area (Å²) in [5.41, 5.74) is 8.01. The van der Waals surface area contributed by atoms with Gasteiger partial charge in [0.25, 0.3) is 0 Å². The van der Waals surface area contributed by atoms with E-state index < -0.39 is 5.60 Å². The van der Waals surface area contributed by atoms with Gasteiger partial charge in [0.05, 0.1) is 5.56 Å². The van der Waals surface area contributed by atoms with Crippen LogP contribution < -0.4 is 18.9 Å². The predicted molar refractivity (Wildman–Crippen MR) is 198 cm³/mol. The Bertz CT molecular complexity index is 1580. The molecule has 4 heteroatoms. The first kappa shape index (κ1) is 34.7. The summed E-state index contributed by atoms with van der Waals surface area (Å²) in [6.07, 6.45) is 13.0. The van der Waals surface area contributed by atoms with Crippen LogP contribution in [0.25, 0.3) is 11.1 Å². The number of fused-ring (bicyclic) bond motifs is 6. The van der Waals surface area contributed by atoms with Gasteiger partial charge in [0, 0.05) is 17.0 Å². The summed E-state index contributed by atoms with van der Waals surface area (Å²) in [5, 5.41) is 0. The van der Waals surface area contributed by atoms with E-state index in [0.717, 1.165) is 47.8 Å². The highest BCUT2D eigenvalue weighted by atomic mass is 16.5. The summed E-state index contributed by atoms with van der Waals surface area (Å²) in [5.74, 6) is 5.54. The summed E-state index contributed by atoms with van der Waals surface area (Å²) in [6.45, 7) is 19.0. The maximum atomic E-state index is 6.84. The zero-order valence-electron chi connectivity index (χ0n) is 31.1. The molecule has 0 amide bonds. The Balaban J connectivity index is 1.28. The molecule has 6 rings (SSSR count). The molecule has 3 atom stereocenters. The molecule has 0 radical (unpaired) electrons. The van der Waals surface area contributed by atoms with Crippen LogP contribution in [0.1, 0.15) is 140 Å². The second-order valence-electron chi connectivity index (χ2n) is 16.1. The normalized spacial score (nSPS) is 21.5. The Morgan fingerprint density at radius 3 is 2.08 bits per heavy atom. The predicted octanol–water partition coefficient (Wildman–Crippen LogP) is 11.9. The second-order valence-corrected chi connectivity index (χ2v) is 16.1. The van der Waals surface area contributed by atoms with Crippen LogP contribution in [0.5, 0.6) is 23.0 Å². The molecule has 3 aromatic rings. The molecule has 0 spiro atoms. The largest absolute Gasteiger partial charge is 0.490 e. The number of unbranched alkanes of at least 4 members (excludes halogenated alkanes) is 4. The van der Waals surface area contributed by atoms with Crippen LogP contribution in [0.15, 0.2) is 42.5 Å². The van der Waals surface area contributed by atoms with Crippen molar-refractivity contribution in [3.8, 4) is 34.1 Å². The molecule has 3 aromatic carbocycles. The molecule has 48 heavy (non-hydrogen) atoms. The lowest BCUT2D eigenvalue weighted by Gasteiger charge is -2.49. The Labute approximate surface area is 290 Å². The van der Waals surface area contributed by atoms with E-state index in [1.165, 1.54) is 84.7 Å². The van der Waals surface area contributed by atoms with E-state index >= 15 is 0 Å². The summed E-state index contributed by atoms with van der Waals surface area (Å²) in [7, 11) is 0. The van der Waals surface area contributed by atoms with Crippen LogP contribution in [-0.2, 0) is 18.4 Å². The van der Waals surface area contributed by atoms with Crippen molar-refractivity contribution in [2.75, 3.05) is 13.2 Å². The van der Waals surface area contributed by atoms with Crippen molar-refractivity contribution < 1.29 is 18.9 Å². The highest BCUT2D eigenvalue weighted by Crippen LogP contribution is 2.56. The van der Waals surface area contributed by atoms with Gasteiger partial charge in [0.2, 0.25) is 0 Å². The Kier molecular flexibility index (Phi) is 10.4. The van der Waals surface area contributed by atoms with E-state index in [1.807, 2.05) is 0 Å². The third-order valence-corrected chi connectivity index (χ3v) is 11.2. The number of hydrogen-bond acceptors (Lipinski definition) is 4. The Hall–Kier alpha value is -3.14. The monoisotopic (exact) mass is 652 g/mol. The summed E-state index contributed by atoms with van der Waals surface area (Å²) in [4.78, 5) is 0. The van der Waals surface area contributed by atoms with Crippen molar-refractivity contribution in [2.45, 2.75) is 143 Å². The van der Waals surface area contributed by atoms with Gasteiger partial charge in [-0.1, -0.05) is 76.6 Å². The highest BCUT2D eigenvalue weighted by Gasteiger charge is 2.47. The molecule has 4 nitrogen and oxygen atoms in total. The molecule has 260 valence electrons. The summed E-state index contributed by atoms with van der Waals surface area (Å²) >= 11 is 0. The van der Waals surface area contributed by atoms with Gasteiger partial charge >= 0.3 is 0 Å². The molecule has 0 unspecified atom stereocenters. The average molecular weight is 653 g/mol.